The van der Waals surface area contributed by atoms with Crippen LogP contribution in [0.5, 0.6) is 0 Å². The van der Waals surface area contributed by atoms with Gasteiger partial charge in [-0.2, -0.15) is 5.26 Å². The van der Waals surface area contributed by atoms with E-state index in [2.05, 4.69) is 66.0 Å². The zero-order valence-corrected chi connectivity index (χ0v) is 18.8. The summed E-state index contributed by atoms with van der Waals surface area (Å²) in [6, 6.07) is 8.63. The van der Waals surface area contributed by atoms with Crippen molar-refractivity contribution in [3.05, 3.63) is 35.0 Å². The number of nitriles is 1. The third-order valence-electron chi connectivity index (χ3n) is 5.50. The molecule has 0 unspecified atom stereocenters. The van der Waals surface area contributed by atoms with Crippen LogP contribution in [0.2, 0.25) is 0 Å². The molecule has 0 radical (unpaired) electrons. The van der Waals surface area contributed by atoms with Gasteiger partial charge in [-0.15, -0.1) is 0 Å². The Morgan fingerprint density at radius 3 is 2.83 bits per heavy atom. The second-order valence-electron chi connectivity index (χ2n) is 8.47. The molecule has 3 heterocycles. The van der Waals surface area contributed by atoms with Gasteiger partial charge in [-0.3, -0.25) is 4.90 Å². The monoisotopic (exact) mass is 412 g/mol. The molecule has 1 saturated heterocycles. The largest absolute Gasteiger partial charge is 0.316 e. The molecule has 3 rings (SSSR count). The van der Waals surface area contributed by atoms with E-state index in [0.717, 1.165) is 50.7 Å². The number of likely N-dealkylation sites (tertiary alicyclic amines) is 1. The summed E-state index contributed by atoms with van der Waals surface area (Å²) in [7, 11) is 0. The predicted octanol–water partition coefficient (Wildman–Crippen LogP) is 4.66. The van der Waals surface area contributed by atoms with Crippen molar-refractivity contribution < 1.29 is 0 Å². The van der Waals surface area contributed by atoms with Crippen molar-refractivity contribution >= 4 is 22.3 Å². The Bertz CT molecular complexity index is 836. The maximum Gasteiger partial charge on any atom is 0.189 e. The van der Waals surface area contributed by atoms with Crippen molar-refractivity contribution in [3.8, 4) is 6.07 Å². The molecule has 1 aliphatic heterocycles. The van der Waals surface area contributed by atoms with Gasteiger partial charge < -0.3 is 10.2 Å². The minimum absolute atomic E-state index is 0.235. The Labute approximate surface area is 178 Å². The first kappa shape index (κ1) is 21.7. The van der Waals surface area contributed by atoms with Crippen LogP contribution in [0.1, 0.15) is 57.1 Å². The van der Waals surface area contributed by atoms with E-state index in [1.165, 1.54) is 17.8 Å². The van der Waals surface area contributed by atoms with E-state index >= 15 is 0 Å². The van der Waals surface area contributed by atoms with Gasteiger partial charge in [0.15, 0.2) is 5.13 Å². The van der Waals surface area contributed by atoms with Crippen LogP contribution in [-0.2, 0) is 0 Å². The SMILES string of the molecule is CCN(CC)CC(C)(C)CN1CCC[C@H]1c1cccc(Nc2ncc(C#N)s2)n1. The summed E-state index contributed by atoms with van der Waals surface area (Å²) < 4.78 is 0. The third-order valence-corrected chi connectivity index (χ3v) is 6.32. The molecule has 156 valence electrons. The van der Waals surface area contributed by atoms with Gasteiger partial charge in [-0.25, -0.2) is 9.97 Å². The number of rotatable bonds is 9. The maximum atomic E-state index is 8.98. The lowest BCUT2D eigenvalue weighted by Crippen LogP contribution is -2.42. The lowest BCUT2D eigenvalue weighted by Gasteiger charge is -2.37. The van der Waals surface area contributed by atoms with E-state index < -0.39 is 0 Å². The van der Waals surface area contributed by atoms with Crippen LogP contribution in [0.4, 0.5) is 10.9 Å². The van der Waals surface area contributed by atoms with Crippen LogP contribution < -0.4 is 5.32 Å². The van der Waals surface area contributed by atoms with Crippen molar-refractivity contribution in [2.45, 2.75) is 46.6 Å². The molecule has 7 heteroatoms. The number of hydrogen-bond acceptors (Lipinski definition) is 7. The maximum absolute atomic E-state index is 8.98. The normalized spacial score (nSPS) is 17.6. The van der Waals surface area contributed by atoms with Gasteiger partial charge in [0.2, 0.25) is 0 Å². The van der Waals surface area contributed by atoms with Gasteiger partial charge >= 0.3 is 0 Å². The molecule has 2 aromatic rings. The molecule has 1 aliphatic rings. The van der Waals surface area contributed by atoms with E-state index in [1.54, 1.807) is 6.20 Å². The second-order valence-corrected chi connectivity index (χ2v) is 9.50. The quantitative estimate of drug-likeness (QED) is 0.646. The molecular weight excluding hydrogens is 380 g/mol. The standard InChI is InChI=1S/C22H32N6S/c1-5-27(6-2)15-22(3,4)16-28-12-8-10-19(28)18-9-7-11-20(25-18)26-21-24-14-17(13-23)29-21/h7,9,11,14,19H,5-6,8,10,12,15-16H2,1-4H3,(H,24,25,26)/t19-/m0/s1. The van der Waals surface area contributed by atoms with Crippen LogP contribution in [-0.4, -0.2) is 52.5 Å². The van der Waals surface area contributed by atoms with Crippen LogP contribution >= 0.6 is 11.3 Å². The minimum Gasteiger partial charge on any atom is -0.316 e. The van der Waals surface area contributed by atoms with Gasteiger partial charge in [-0.05, 0) is 50.0 Å². The fraction of sp³-hybridized carbons (Fsp3) is 0.591. The molecule has 0 aliphatic carbocycles. The van der Waals surface area contributed by atoms with Crippen molar-refractivity contribution in [1.29, 1.82) is 5.26 Å². The highest BCUT2D eigenvalue weighted by Crippen LogP contribution is 2.34. The molecular formula is C22H32N6S. The van der Waals surface area contributed by atoms with Gasteiger partial charge in [-0.1, -0.05) is 45.1 Å². The van der Waals surface area contributed by atoms with Crippen LogP contribution in [0.15, 0.2) is 24.4 Å². The first-order valence-corrected chi connectivity index (χ1v) is 11.3. The molecule has 1 atom stereocenters. The Hall–Kier alpha value is -2.01. The molecule has 6 nitrogen and oxygen atoms in total. The van der Waals surface area contributed by atoms with E-state index in [0.29, 0.717) is 16.1 Å². The Balaban J connectivity index is 1.69. The highest BCUT2D eigenvalue weighted by Gasteiger charge is 2.32. The van der Waals surface area contributed by atoms with Gasteiger partial charge in [0.25, 0.3) is 0 Å². The van der Waals surface area contributed by atoms with Crippen LogP contribution in [0.25, 0.3) is 0 Å². The van der Waals surface area contributed by atoms with Gasteiger partial charge in [0.05, 0.1) is 17.9 Å². The second kappa shape index (κ2) is 9.66. The summed E-state index contributed by atoms with van der Waals surface area (Å²) >= 11 is 1.35. The van der Waals surface area contributed by atoms with Crippen molar-refractivity contribution in [2.24, 2.45) is 5.41 Å². The van der Waals surface area contributed by atoms with Crippen molar-refractivity contribution in [1.82, 2.24) is 19.8 Å². The molecule has 2 aromatic heterocycles. The minimum atomic E-state index is 0.235. The summed E-state index contributed by atoms with van der Waals surface area (Å²) in [6.07, 6.45) is 3.95. The van der Waals surface area contributed by atoms with Gasteiger partial charge in [0.1, 0.15) is 16.8 Å². The lowest BCUT2D eigenvalue weighted by atomic mass is 9.91. The van der Waals surface area contributed by atoms with Crippen molar-refractivity contribution in [2.75, 3.05) is 38.0 Å². The lowest BCUT2D eigenvalue weighted by molar-refractivity contribution is 0.117. The molecule has 0 amide bonds. The topological polar surface area (TPSA) is 68.1 Å². The molecule has 1 fully saturated rings. The van der Waals surface area contributed by atoms with Gasteiger partial charge in [0, 0.05) is 13.1 Å². The molecule has 0 aromatic carbocycles. The highest BCUT2D eigenvalue weighted by atomic mass is 32.1. The average molecular weight is 413 g/mol. The molecule has 0 bridgehead atoms. The summed E-state index contributed by atoms with van der Waals surface area (Å²) in [4.78, 5) is 14.8. The zero-order chi connectivity index (χ0) is 20.9. The smallest absolute Gasteiger partial charge is 0.189 e. The number of hydrogen-bond donors (Lipinski definition) is 1. The third kappa shape index (κ3) is 5.75. The molecule has 0 spiro atoms. The van der Waals surface area contributed by atoms with Crippen molar-refractivity contribution in [3.63, 3.8) is 0 Å². The Morgan fingerprint density at radius 1 is 1.34 bits per heavy atom. The summed E-state index contributed by atoms with van der Waals surface area (Å²) in [5.74, 6) is 0.788. The van der Waals surface area contributed by atoms with E-state index in [9.17, 15) is 0 Å². The van der Waals surface area contributed by atoms with Crippen LogP contribution in [0, 0.1) is 16.7 Å². The fourth-order valence-corrected chi connectivity index (χ4v) is 4.82. The van der Waals surface area contributed by atoms with Crippen LogP contribution in [0.3, 0.4) is 0 Å². The number of aromatic nitrogens is 2. The molecule has 0 saturated carbocycles. The van der Waals surface area contributed by atoms with E-state index in [1.807, 2.05) is 6.07 Å². The number of nitrogens with zero attached hydrogens (tertiary/aromatic N) is 5. The summed E-state index contributed by atoms with van der Waals surface area (Å²) in [5, 5.41) is 12.9. The first-order valence-electron chi connectivity index (χ1n) is 10.5. The van der Waals surface area contributed by atoms with E-state index in [-0.39, 0.29) is 5.41 Å². The number of anilines is 2. The Morgan fingerprint density at radius 2 is 2.14 bits per heavy atom. The first-order chi connectivity index (χ1) is 13.9. The predicted molar refractivity (Wildman–Crippen MR) is 119 cm³/mol. The molecule has 1 N–H and O–H groups in total. The Kier molecular flexibility index (Phi) is 7.23. The number of thiazole rings is 1. The van der Waals surface area contributed by atoms with E-state index in [4.69, 9.17) is 10.2 Å². The fourth-order valence-electron chi connectivity index (χ4n) is 4.20. The summed E-state index contributed by atoms with van der Waals surface area (Å²) in [5.41, 5.74) is 1.35. The average Bonchev–Trinajstić information content (AvgIpc) is 3.35. The summed E-state index contributed by atoms with van der Waals surface area (Å²) in [6.45, 7) is 14.7. The molecule has 29 heavy (non-hydrogen) atoms. The number of nitrogens with one attached hydrogen (secondary N) is 1. The zero-order valence-electron chi connectivity index (χ0n) is 18.0. The number of pyridine rings is 1. The highest BCUT2D eigenvalue weighted by molar-refractivity contribution is 7.16.